The molecule has 1 aromatic carbocycles. The normalized spacial score (nSPS) is 16.6. The summed E-state index contributed by atoms with van der Waals surface area (Å²) in [5.74, 6) is -0.790. The van der Waals surface area contributed by atoms with Gasteiger partial charge in [-0.2, -0.15) is 0 Å². The van der Waals surface area contributed by atoms with Gasteiger partial charge in [0, 0.05) is 0 Å². The first kappa shape index (κ1) is 20.6. The molecule has 1 atom stereocenters. The molecule has 0 aromatic heterocycles. The zero-order valence-corrected chi connectivity index (χ0v) is 18.3. The van der Waals surface area contributed by atoms with Crippen LogP contribution in [0.3, 0.4) is 0 Å². The molecule has 5 heteroatoms. The Labute approximate surface area is 141 Å². The monoisotopic (exact) mass is 409 g/mol. The van der Waals surface area contributed by atoms with Gasteiger partial charge in [-0.05, 0) is 0 Å². The second-order valence-electron chi connectivity index (χ2n) is 6.82. The molecule has 2 rings (SSSR count). The molecule has 1 aliphatic carbocycles. The molecule has 0 fully saturated rings. The van der Waals surface area contributed by atoms with Gasteiger partial charge in [0.15, 0.2) is 0 Å². The molecule has 1 nitrogen and oxygen atoms in total. The van der Waals surface area contributed by atoms with Crippen molar-refractivity contribution in [2.75, 3.05) is 0 Å². The average molecular weight is 412 g/mol. The van der Waals surface area contributed by atoms with Gasteiger partial charge in [-0.3, -0.25) is 0 Å². The maximum Gasteiger partial charge on any atom is -0.147 e. The molecule has 114 valence electrons. The third-order valence-electron chi connectivity index (χ3n) is 4.45. The van der Waals surface area contributed by atoms with Crippen molar-refractivity contribution in [3.05, 3.63) is 38.7 Å². The van der Waals surface area contributed by atoms with Gasteiger partial charge >= 0.3 is 117 Å². The number of allylic oxidation sites excluding steroid dienone is 1. The third-order valence-corrected chi connectivity index (χ3v) is 36.5. The van der Waals surface area contributed by atoms with Crippen LogP contribution < -0.4 is 3.68 Å². The minimum Gasteiger partial charge on any atom is -0.147 e. The van der Waals surface area contributed by atoms with E-state index in [4.69, 9.17) is 3.68 Å². The van der Waals surface area contributed by atoms with E-state index in [0.29, 0.717) is 3.12 Å². The first-order chi connectivity index (χ1) is 8.26. The largest absolute Gasteiger partial charge is 0.147 e. The quantitative estimate of drug-likeness (QED) is 0.704. The molecule has 1 aromatic rings. The van der Waals surface area contributed by atoms with Crippen LogP contribution in [0.2, 0.25) is 16.2 Å². The van der Waals surface area contributed by atoms with E-state index in [1.807, 2.05) is 0 Å². The summed E-state index contributed by atoms with van der Waals surface area (Å²) in [6.45, 7) is 12.1. The molecule has 1 aliphatic rings. The van der Waals surface area contributed by atoms with Gasteiger partial charge in [0.25, 0.3) is 0 Å². The summed E-state index contributed by atoms with van der Waals surface area (Å²) >= 11 is -2.66. The maximum atomic E-state index is 7.11. The van der Waals surface area contributed by atoms with E-state index < -0.39 is 25.6 Å². The Morgan fingerprint density at radius 3 is 2.10 bits per heavy atom. The van der Waals surface area contributed by atoms with Gasteiger partial charge in [-0.25, -0.2) is 0 Å². The van der Waals surface area contributed by atoms with Crippen LogP contribution in [-0.2, 0) is 26.1 Å². The van der Waals surface area contributed by atoms with E-state index in [-0.39, 0.29) is 24.8 Å². The SMILES string of the molecule is C[SiH](C)[Zr]([NH2])([C]1=Cc2ccccc2C1)[C](C)(C)C.Cl.Cl. The van der Waals surface area contributed by atoms with Crippen molar-refractivity contribution < 1.29 is 19.7 Å². The molecule has 20 heavy (non-hydrogen) atoms. The number of fused-ring (bicyclic) bond motifs is 1. The fraction of sp³-hybridized carbons (Fsp3) is 0.467. The van der Waals surface area contributed by atoms with Crippen molar-refractivity contribution in [3.63, 3.8) is 0 Å². The van der Waals surface area contributed by atoms with Crippen LogP contribution in [0.1, 0.15) is 31.9 Å². The molecule has 0 aliphatic heterocycles. The molecule has 0 heterocycles. The van der Waals surface area contributed by atoms with Gasteiger partial charge in [-0.1, -0.05) is 0 Å². The fourth-order valence-electron chi connectivity index (χ4n) is 3.26. The van der Waals surface area contributed by atoms with Crippen LogP contribution in [-0.4, -0.2) is 5.92 Å². The van der Waals surface area contributed by atoms with Crippen LogP contribution in [0.25, 0.3) is 6.08 Å². The van der Waals surface area contributed by atoms with E-state index in [0.717, 1.165) is 6.42 Å². The fourth-order valence-corrected chi connectivity index (χ4v) is 29.6. The van der Waals surface area contributed by atoms with Crippen molar-refractivity contribution in [1.29, 1.82) is 0 Å². The first-order valence-corrected chi connectivity index (χ1v) is 17.9. The standard InChI is InChI=1S/C9H7.C4H9.C2H7Si.2ClH.H2N.Zr/c1-2-5-9-7-3-6-8(9)4-1;1-4(2)3;1-3-2;;;;/h1-2,4-6H,7H2;1-3H3;3H,1-2H3;2*1H;1H2;/q;;;;;-1;+1. The van der Waals surface area contributed by atoms with Crippen molar-refractivity contribution in [1.82, 2.24) is 0 Å². The molecule has 0 saturated carbocycles. The summed E-state index contributed by atoms with van der Waals surface area (Å²) < 4.78 is 9.09. The minimum atomic E-state index is -2.66. The molecule has 1 unspecified atom stereocenters. The average Bonchev–Trinajstić information content (AvgIpc) is 2.69. The second kappa shape index (κ2) is 7.24. The van der Waals surface area contributed by atoms with E-state index in [1.54, 1.807) is 3.28 Å². The maximum absolute atomic E-state index is 7.11. The van der Waals surface area contributed by atoms with E-state index in [2.05, 4.69) is 64.2 Å². The summed E-state index contributed by atoms with van der Waals surface area (Å²) in [5, 5.41) is 0. The predicted octanol–water partition coefficient (Wildman–Crippen LogP) is 4.66. The van der Waals surface area contributed by atoms with Crippen LogP contribution >= 0.6 is 24.8 Å². The van der Waals surface area contributed by atoms with Gasteiger partial charge in [0.2, 0.25) is 0 Å². The number of hydrogen-bond donors (Lipinski definition) is 1. The Balaban J connectivity index is 0.00000180. The molecule has 0 amide bonds. The Morgan fingerprint density at radius 1 is 1.10 bits per heavy atom. The van der Waals surface area contributed by atoms with E-state index in [9.17, 15) is 0 Å². The summed E-state index contributed by atoms with van der Waals surface area (Å²) in [5.41, 5.74) is 2.90. The molecular weight excluding hydrogens is 384 g/mol. The second-order valence-corrected chi connectivity index (χ2v) is 32.6. The van der Waals surface area contributed by atoms with Crippen molar-refractivity contribution in [3.8, 4) is 0 Å². The molecule has 0 bridgehead atoms. The first-order valence-electron chi connectivity index (χ1n) is 6.84. The summed E-state index contributed by atoms with van der Waals surface area (Å²) in [7, 11) is 0. The van der Waals surface area contributed by atoms with Crippen molar-refractivity contribution >= 4 is 36.8 Å². The molecule has 0 spiro atoms. The van der Waals surface area contributed by atoms with E-state index >= 15 is 0 Å². The number of benzene rings is 1. The van der Waals surface area contributed by atoms with Crippen LogP contribution in [0.5, 0.6) is 0 Å². The predicted molar refractivity (Wildman–Crippen MR) is 95.4 cm³/mol. The number of nitrogens with two attached hydrogens (primary N) is 1. The van der Waals surface area contributed by atoms with Crippen LogP contribution in [0.15, 0.2) is 27.5 Å². The topological polar surface area (TPSA) is 26.0 Å². The van der Waals surface area contributed by atoms with Crippen LogP contribution in [0.4, 0.5) is 0 Å². The Bertz CT molecular complexity index is 497. The Kier molecular flexibility index (Phi) is 7.46. The zero-order chi connectivity index (χ0) is 13.6. The Morgan fingerprint density at radius 2 is 1.65 bits per heavy atom. The molecular formula is C15H27Cl2NSiZr. The molecule has 0 radical (unpaired) electrons. The summed E-state index contributed by atoms with van der Waals surface area (Å²) in [4.78, 5) is 0. The van der Waals surface area contributed by atoms with Gasteiger partial charge < -0.3 is 0 Å². The summed E-state index contributed by atoms with van der Waals surface area (Å²) in [6, 6.07) is 8.78. The van der Waals surface area contributed by atoms with Crippen LogP contribution in [0, 0.1) is 0 Å². The van der Waals surface area contributed by atoms with Crippen molar-refractivity contribution in [2.45, 2.75) is 43.4 Å². The van der Waals surface area contributed by atoms with Gasteiger partial charge in [-0.15, -0.1) is 24.8 Å². The summed E-state index contributed by atoms with van der Waals surface area (Å²) in [6.07, 6.45) is 3.56. The minimum absolute atomic E-state index is 0. The van der Waals surface area contributed by atoms with Crippen molar-refractivity contribution in [2.24, 2.45) is 3.68 Å². The van der Waals surface area contributed by atoms with E-state index in [1.165, 1.54) is 11.1 Å². The van der Waals surface area contributed by atoms with Gasteiger partial charge in [0.1, 0.15) is 0 Å². The molecule has 0 saturated heterocycles. The zero-order valence-electron chi connectivity index (χ0n) is 13.1. The number of hydrogen-bond acceptors (Lipinski definition) is 1. The van der Waals surface area contributed by atoms with Gasteiger partial charge in [0.05, 0.1) is 0 Å². The third kappa shape index (κ3) is 3.50. The number of rotatable bonds is 2. The Hall–Kier alpha value is 0.600. The smallest absolute Gasteiger partial charge is 0.147 e. The number of halogens is 2. The molecule has 2 N–H and O–H groups in total.